The first kappa shape index (κ1) is 16.1. The van der Waals surface area contributed by atoms with E-state index in [0.29, 0.717) is 11.1 Å². The summed E-state index contributed by atoms with van der Waals surface area (Å²) < 4.78 is 10.1. The molecule has 0 bridgehead atoms. The van der Waals surface area contributed by atoms with E-state index < -0.39 is 0 Å². The Hall–Kier alpha value is -3.26. The van der Waals surface area contributed by atoms with Crippen LogP contribution in [0.1, 0.15) is 15.9 Å². The molecule has 0 aromatic heterocycles. The average Bonchev–Trinajstić information content (AvgIpc) is 2.60. The highest BCUT2D eigenvalue weighted by molar-refractivity contribution is 6.14. The van der Waals surface area contributed by atoms with Crippen LogP contribution in [0.25, 0.3) is 6.08 Å². The Bertz CT molecular complexity index is 763. The number of carbonyl (C=O) groups excluding carboxylic acids is 1. The van der Waals surface area contributed by atoms with Gasteiger partial charge in [-0.1, -0.05) is 30.3 Å². The van der Waals surface area contributed by atoms with Gasteiger partial charge in [0.1, 0.15) is 11.6 Å². The van der Waals surface area contributed by atoms with Crippen molar-refractivity contribution in [1.82, 2.24) is 0 Å². The molecule has 0 atom stereocenters. The summed E-state index contributed by atoms with van der Waals surface area (Å²) in [6.45, 7) is 0. The van der Waals surface area contributed by atoms with Crippen molar-refractivity contribution in [1.29, 1.82) is 5.26 Å². The second kappa shape index (κ2) is 7.14. The molecule has 0 saturated heterocycles. The molecule has 2 aromatic rings. The molecule has 0 aliphatic rings. The van der Waals surface area contributed by atoms with Crippen LogP contribution in [0.5, 0.6) is 17.2 Å². The summed E-state index contributed by atoms with van der Waals surface area (Å²) in [4.78, 5) is 12.4. The number of nitrogens with zero attached hydrogens (tertiary/aromatic N) is 1. The van der Waals surface area contributed by atoms with Gasteiger partial charge < -0.3 is 14.6 Å². The largest absolute Gasteiger partial charge is 0.502 e. The summed E-state index contributed by atoms with van der Waals surface area (Å²) in [5, 5.41) is 19.2. The van der Waals surface area contributed by atoms with Crippen LogP contribution in [-0.4, -0.2) is 25.1 Å². The normalized spacial score (nSPS) is 10.7. The lowest BCUT2D eigenvalue weighted by Gasteiger charge is -2.09. The fraction of sp³-hybridized carbons (Fsp3) is 0.111. The van der Waals surface area contributed by atoms with E-state index in [4.69, 9.17) is 9.47 Å². The molecule has 5 heteroatoms. The van der Waals surface area contributed by atoms with E-state index in [-0.39, 0.29) is 28.6 Å². The Labute approximate surface area is 134 Å². The minimum atomic E-state index is -0.376. The molecule has 0 amide bonds. The van der Waals surface area contributed by atoms with Crippen molar-refractivity contribution in [3.05, 3.63) is 59.2 Å². The number of phenolic OH excluding ortho intramolecular Hbond substituents is 1. The standard InChI is InChI=1S/C18H15NO4/c1-22-15-9-12(10-16(23-2)18(15)21)8-14(11-19)17(20)13-6-4-3-5-7-13/h3-10,21H,1-2H3/b14-8+. The minimum absolute atomic E-state index is 0.0222. The average molecular weight is 309 g/mol. The Morgan fingerprint density at radius 3 is 2.17 bits per heavy atom. The number of hydrogen-bond donors (Lipinski definition) is 1. The molecule has 116 valence electrons. The first-order valence-corrected chi connectivity index (χ1v) is 6.77. The van der Waals surface area contributed by atoms with Gasteiger partial charge in [0.05, 0.1) is 14.2 Å². The molecule has 0 radical (unpaired) electrons. The summed E-state index contributed by atoms with van der Waals surface area (Å²) in [6, 6.07) is 13.5. The van der Waals surface area contributed by atoms with E-state index in [1.54, 1.807) is 30.3 Å². The van der Waals surface area contributed by atoms with E-state index in [1.165, 1.54) is 32.4 Å². The lowest BCUT2D eigenvalue weighted by molar-refractivity contribution is 0.104. The molecule has 2 rings (SSSR count). The Kier molecular flexibility index (Phi) is 5.00. The fourth-order valence-electron chi connectivity index (χ4n) is 2.06. The third-order valence-corrected chi connectivity index (χ3v) is 3.21. The number of ketones is 1. The third kappa shape index (κ3) is 3.50. The van der Waals surface area contributed by atoms with Gasteiger partial charge in [0, 0.05) is 5.56 Å². The molecule has 0 aliphatic carbocycles. The second-order valence-corrected chi connectivity index (χ2v) is 4.64. The number of methoxy groups -OCH3 is 2. The van der Waals surface area contributed by atoms with Crippen molar-refractivity contribution < 1.29 is 19.4 Å². The molecule has 0 saturated carbocycles. The number of rotatable bonds is 5. The highest BCUT2D eigenvalue weighted by Crippen LogP contribution is 2.37. The maximum atomic E-state index is 12.4. The first-order valence-electron chi connectivity index (χ1n) is 6.77. The first-order chi connectivity index (χ1) is 11.1. The summed E-state index contributed by atoms with van der Waals surface area (Å²) in [6.07, 6.45) is 1.43. The van der Waals surface area contributed by atoms with Crippen LogP contribution in [0, 0.1) is 11.3 Å². The maximum Gasteiger partial charge on any atom is 0.203 e. The number of ether oxygens (including phenoxy) is 2. The van der Waals surface area contributed by atoms with E-state index in [0.717, 1.165) is 0 Å². The maximum absolute atomic E-state index is 12.4. The SMILES string of the molecule is COc1cc(/C=C(\C#N)C(=O)c2ccccc2)cc(OC)c1O. The highest BCUT2D eigenvalue weighted by atomic mass is 16.5. The zero-order chi connectivity index (χ0) is 16.8. The van der Waals surface area contributed by atoms with Gasteiger partial charge in [-0.2, -0.15) is 5.26 Å². The molecule has 0 fully saturated rings. The molecule has 5 nitrogen and oxygen atoms in total. The minimum Gasteiger partial charge on any atom is -0.502 e. The van der Waals surface area contributed by atoms with E-state index in [1.807, 2.05) is 6.07 Å². The topological polar surface area (TPSA) is 79.5 Å². The Balaban J connectivity index is 2.47. The lowest BCUT2D eigenvalue weighted by Crippen LogP contribution is -2.01. The number of carbonyl (C=O) groups is 1. The smallest absolute Gasteiger partial charge is 0.203 e. The summed E-state index contributed by atoms with van der Waals surface area (Å²) in [7, 11) is 2.81. The lowest BCUT2D eigenvalue weighted by atomic mass is 10.0. The predicted molar refractivity (Wildman–Crippen MR) is 85.6 cm³/mol. The molecule has 2 aromatic carbocycles. The third-order valence-electron chi connectivity index (χ3n) is 3.21. The van der Waals surface area contributed by atoms with Gasteiger partial charge in [-0.25, -0.2) is 0 Å². The van der Waals surface area contributed by atoms with Crippen LogP contribution in [0.4, 0.5) is 0 Å². The molecule has 0 spiro atoms. The fourth-order valence-corrected chi connectivity index (χ4v) is 2.06. The molecule has 0 heterocycles. The van der Waals surface area contributed by atoms with Crippen molar-refractivity contribution >= 4 is 11.9 Å². The van der Waals surface area contributed by atoms with Gasteiger partial charge in [-0.15, -0.1) is 0 Å². The van der Waals surface area contributed by atoms with Gasteiger partial charge in [0.15, 0.2) is 11.5 Å². The number of benzene rings is 2. The van der Waals surface area contributed by atoms with Crippen molar-refractivity contribution in [2.75, 3.05) is 14.2 Å². The van der Waals surface area contributed by atoms with Crippen LogP contribution in [0.3, 0.4) is 0 Å². The van der Waals surface area contributed by atoms with Crippen LogP contribution in [0.15, 0.2) is 48.0 Å². The highest BCUT2D eigenvalue weighted by Gasteiger charge is 2.14. The molecular formula is C18H15NO4. The Morgan fingerprint density at radius 1 is 1.13 bits per heavy atom. The molecule has 0 aliphatic heterocycles. The quantitative estimate of drug-likeness (QED) is 0.521. The number of aromatic hydroxyl groups is 1. The van der Waals surface area contributed by atoms with Gasteiger partial charge in [-0.3, -0.25) is 4.79 Å². The van der Waals surface area contributed by atoms with Gasteiger partial charge in [0.25, 0.3) is 0 Å². The predicted octanol–water partition coefficient (Wildman–Crippen LogP) is 3.20. The molecular weight excluding hydrogens is 294 g/mol. The van der Waals surface area contributed by atoms with Crippen molar-refractivity contribution in [3.8, 4) is 23.3 Å². The van der Waals surface area contributed by atoms with Crippen LogP contribution < -0.4 is 9.47 Å². The van der Waals surface area contributed by atoms with Crippen LogP contribution in [0.2, 0.25) is 0 Å². The van der Waals surface area contributed by atoms with E-state index >= 15 is 0 Å². The summed E-state index contributed by atoms with van der Waals surface area (Å²) >= 11 is 0. The number of hydrogen-bond acceptors (Lipinski definition) is 5. The molecule has 0 unspecified atom stereocenters. The van der Waals surface area contributed by atoms with Crippen LogP contribution >= 0.6 is 0 Å². The zero-order valence-corrected chi connectivity index (χ0v) is 12.7. The van der Waals surface area contributed by atoms with Gasteiger partial charge in [0.2, 0.25) is 11.5 Å². The van der Waals surface area contributed by atoms with Crippen molar-refractivity contribution in [2.45, 2.75) is 0 Å². The number of Topliss-reactive ketones (excluding diaryl/α,β-unsaturated/α-hetero) is 1. The number of allylic oxidation sites excluding steroid dienone is 1. The van der Waals surface area contributed by atoms with E-state index in [9.17, 15) is 15.2 Å². The van der Waals surface area contributed by atoms with Gasteiger partial charge >= 0.3 is 0 Å². The monoisotopic (exact) mass is 309 g/mol. The Morgan fingerprint density at radius 2 is 1.70 bits per heavy atom. The van der Waals surface area contributed by atoms with Crippen LogP contribution in [-0.2, 0) is 0 Å². The number of nitriles is 1. The van der Waals surface area contributed by atoms with E-state index in [2.05, 4.69) is 0 Å². The van der Waals surface area contributed by atoms with Crippen molar-refractivity contribution in [2.24, 2.45) is 0 Å². The van der Waals surface area contributed by atoms with Crippen molar-refractivity contribution in [3.63, 3.8) is 0 Å². The zero-order valence-electron chi connectivity index (χ0n) is 12.7. The second-order valence-electron chi connectivity index (χ2n) is 4.64. The summed E-state index contributed by atoms with van der Waals surface area (Å²) in [5.74, 6) is -0.126. The summed E-state index contributed by atoms with van der Waals surface area (Å²) in [5.41, 5.74) is 0.918. The van der Waals surface area contributed by atoms with Gasteiger partial charge in [-0.05, 0) is 23.8 Å². The molecule has 1 N–H and O–H groups in total. The molecule has 23 heavy (non-hydrogen) atoms. The number of phenols is 1.